The summed E-state index contributed by atoms with van der Waals surface area (Å²) in [6, 6.07) is 15.2. The van der Waals surface area contributed by atoms with Gasteiger partial charge in [0.05, 0.1) is 0 Å². The number of rotatable bonds is 10. The third-order valence-corrected chi connectivity index (χ3v) is 5.52. The lowest BCUT2D eigenvalue weighted by Crippen LogP contribution is -2.49. The highest BCUT2D eigenvalue weighted by atomic mass is 16.5. The Bertz CT molecular complexity index is 885. The van der Waals surface area contributed by atoms with Gasteiger partial charge in [0, 0.05) is 13.1 Å². The first-order valence-corrected chi connectivity index (χ1v) is 11.5. The Morgan fingerprint density at radius 2 is 1.72 bits per heavy atom. The summed E-state index contributed by atoms with van der Waals surface area (Å²) in [4.78, 5) is 27.6. The maximum absolute atomic E-state index is 13.2. The number of amides is 2. The molecule has 0 aliphatic heterocycles. The number of benzene rings is 2. The van der Waals surface area contributed by atoms with Crippen LogP contribution in [0.2, 0.25) is 0 Å². The molecule has 2 aromatic carbocycles. The molecule has 1 atom stereocenters. The fourth-order valence-corrected chi connectivity index (χ4v) is 3.44. The normalized spacial score (nSPS) is 12.2. The van der Waals surface area contributed by atoms with Crippen LogP contribution in [0.15, 0.2) is 48.5 Å². The Hall–Kier alpha value is -2.82. The molecule has 0 saturated carbocycles. The molecule has 5 nitrogen and oxygen atoms in total. The van der Waals surface area contributed by atoms with Crippen molar-refractivity contribution in [2.75, 3.05) is 13.2 Å². The van der Waals surface area contributed by atoms with Crippen LogP contribution in [0.4, 0.5) is 0 Å². The van der Waals surface area contributed by atoms with Crippen LogP contribution in [0.1, 0.15) is 64.2 Å². The summed E-state index contributed by atoms with van der Waals surface area (Å²) in [5.74, 6) is 0.338. The van der Waals surface area contributed by atoms with Gasteiger partial charge in [0.25, 0.3) is 5.91 Å². The van der Waals surface area contributed by atoms with E-state index < -0.39 is 6.04 Å². The first-order valence-electron chi connectivity index (χ1n) is 11.5. The Kier molecular flexibility index (Phi) is 9.30. The highest BCUT2D eigenvalue weighted by molar-refractivity contribution is 5.88. The quantitative estimate of drug-likeness (QED) is 0.531. The molecule has 0 spiro atoms. The molecular formula is C27H38N2O3. The summed E-state index contributed by atoms with van der Waals surface area (Å²) < 4.78 is 5.97. The second-order valence-corrected chi connectivity index (χ2v) is 9.36. The van der Waals surface area contributed by atoms with E-state index >= 15 is 0 Å². The van der Waals surface area contributed by atoms with Gasteiger partial charge >= 0.3 is 0 Å². The predicted octanol–water partition coefficient (Wildman–Crippen LogP) is 5.00. The molecular weight excluding hydrogens is 400 g/mol. The van der Waals surface area contributed by atoms with E-state index in [1.165, 1.54) is 0 Å². The first kappa shape index (κ1) is 25.4. The molecule has 2 amide bonds. The Labute approximate surface area is 193 Å². The van der Waals surface area contributed by atoms with Crippen molar-refractivity contribution in [1.29, 1.82) is 0 Å². The van der Waals surface area contributed by atoms with Crippen molar-refractivity contribution in [3.8, 4) is 5.75 Å². The molecule has 1 N–H and O–H groups in total. The van der Waals surface area contributed by atoms with E-state index in [0.29, 0.717) is 18.8 Å². The summed E-state index contributed by atoms with van der Waals surface area (Å²) in [6.07, 6.45) is 1.92. The van der Waals surface area contributed by atoms with Crippen LogP contribution >= 0.6 is 0 Å². The molecule has 2 aromatic rings. The molecule has 32 heavy (non-hydrogen) atoms. The molecule has 0 radical (unpaired) electrons. The minimum absolute atomic E-state index is 0.103. The molecule has 174 valence electrons. The molecule has 0 bridgehead atoms. The van der Waals surface area contributed by atoms with E-state index in [4.69, 9.17) is 4.74 Å². The van der Waals surface area contributed by atoms with E-state index in [1.807, 2.05) is 55.5 Å². The van der Waals surface area contributed by atoms with Crippen LogP contribution in [0.3, 0.4) is 0 Å². The van der Waals surface area contributed by atoms with Crippen molar-refractivity contribution in [3.05, 3.63) is 65.2 Å². The van der Waals surface area contributed by atoms with Crippen molar-refractivity contribution >= 4 is 11.8 Å². The number of nitrogens with one attached hydrogen (secondary N) is 1. The van der Waals surface area contributed by atoms with Gasteiger partial charge < -0.3 is 15.0 Å². The lowest BCUT2D eigenvalue weighted by molar-refractivity contribution is -0.142. The topological polar surface area (TPSA) is 58.6 Å². The lowest BCUT2D eigenvalue weighted by Gasteiger charge is -2.29. The van der Waals surface area contributed by atoms with Gasteiger partial charge in [-0.15, -0.1) is 0 Å². The largest absolute Gasteiger partial charge is 0.483 e. The molecule has 0 aromatic heterocycles. The number of carbonyl (C=O) groups is 2. The monoisotopic (exact) mass is 438 g/mol. The fourth-order valence-electron chi connectivity index (χ4n) is 3.44. The van der Waals surface area contributed by atoms with Gasteiger partial charge in [0.15, 0.2) is 6.61 Å². The smallest absolute Gasteiger partial charge is 0.261 e. The van der Waals surface area contributed by atoms with Gasteiger partial charge in [0.1, 0.15) is 11.8 Å². The van der Waals surface area contributed by atoms with Crippen LogP contribution in [-0.2, 0) is 21.5 Å². The Morgan fingerprint density at radius 1 is 1.06 bits per heavy atom. The molecule has 0 aliphatic rings. The molecule has 0 fully saturated rings. The third kappa shape index (κ3) is 7.40. The molecule has 5 heteroatoms. The van der Waals surface area contributed by atoms with Crippen molar-refractivity contribution in [2.24, 2.45) is 0 Å². The van der Waals surface area contributed by atoms with Crippen LogP contribution in [0.5, 0.6) is 5.75 Å². The Balaban J connectivity index is 2.18. The van der Waals surface area contributed by atoms with E-state index in [1.54, 1.807) is 11.8 Å². The number of unbranched alkanes of at least 4 members (excludes halogenated alkanes) is 1. The third-order valence-electron chi connectivity index (χ3n) is 5.52. The minimum Gasteiger partial charge on any atom is -0.483 e. The standard InChI is InChI=1S/C27H38N2O3/c1-7-8-17-28-26(31)21(3)29(18-22-15-13-20(2)14-16-22)25(30)19-32-24-12-10-9-11-23(24)27(4,5)6/h9-16,21H,7-8,17-19H2,1-6H3,(H,28,31). The van der Waals surface area contributed by atoms with Gasteiger partial charge in [-0.1, -0.05) is 82.1 Å². The number of hydrogen-bond acceptors (Lipinski definition) is 3. The van der Waals surface area contributed by atoms with Gasteiger partial charge in [0.2, 0.25) is 5.91 Å². The van der Waals surface area contributed by atoms with Crippen LogP contribution in [-0.4, -0.2) is 35.9 Å². The van der Waals surface area contributed by atoms with Crippen LogP contribution in [0.25, 0.3) is 0 Å². The first-order chi connectivity index (χ1) is 15.1. The zero-order chi connectivity index (χ0) is 23.7. The lowest BCUT2D eigenvalue weighted by atomic mass is 9.86. The Morgan fingerprint density at radius 3 is 2.34 bits per heavy atom. The predicted molar refractivity (Wildman–Crippen MR) is 130 cm³/mol. The molecule has 0 saturated heterocycles. The summed E-state index contributed by atoms with van der Waals surface area (Å²) in [5.41, 5.74) is 3.07. The summed E-state index contributed by atoms with van der Waals surface area (Å²) in [5, 5.41) is 2.94. The summed E-state index contributed by atoms with van der Waals surface area (Å²) in [6.45, 7) is 13.1. The number of carbonyl (C=O) groups excluding carboxylic acids is 2. The number of aryl methyl sites for hydroxylation is 1. The molecule has 1 unspecified atom stereocenters. The SMILES string of the molecule is CCCCNC(=O)C(C)N(Cc1ccc(C)cc1)C(=O)COc1ccccc1C(C)(C)C. The zero-order valence-electron chi connectivity index (χ0n) is 20.4. The number of hydrogen-bond donors (Lipinski definition) is 1. The zero-order valence-corrected chi connectivity index (χ0v) is 20.4. The van der Waals surface area contributed by atoms with Crippen molar-refractivity contribution in [1.82, 2.24) is 10.2 Å². The number of para-hydroxylation sites is 1. The highest BCUT2D eigenvalue weighted by Gasteiger charge is 2.27. The van der Waals surface area contributed by atoms with Gasteiger partial charge in [-0.2, -0.15) is 0 Å². The molecule has 0 heterocycles. The number of nitrogens with zero attached hydrogens (tertiary/aromatic N) is 1. The van der Waals surface area contributed by atoms with E-state index in [2.05, 4.69) is 33.0 Å². The van der Waals surface area contributed by atoms with Gasteiger partial charge in [-0.25, -0.2) is 0 Å². The van der Waals surface area contributed by atoms with E-state index in [0.717, 1.165) is 29.5 Å². The maximum atomic E-state index is 13.2. The average Bonchev–Trinajstić information content (AvgIpc) is 2.76. The van der Waals surface area contributed by atoms with Crippen molar-refractivity contribution < 1.29 is 14.3 Å². The van der Waals surface area contributed by atoms with Gasteiger partial charge in [-0.3, -0.25) is 9.59 Å². The van der Waals surface area contributed by atoms with Gasteiger partial charge in [-0.05, 0) is 42.9 Å². The second kappa shape index (κ2) is 11.7. The fraction of sp³-hybridized carbons (Fsp3) is 0.481. The van der Waals surface area contributed by atoms with Crippen LogP contribution < -0.4 is 10.1 Å². The maximum Gasteiger partial charge on any atom is 0.261 e. The van der Waals surface area contributed by atoms with Crippen molar-refractivity contribution in [3.63, 3.8) is 0 Å². The molecule has 0 aliphatic carbocycles. The number of ether oxygens (including phenoxy) is 1. The highest BCUT2D eigenvalue weighted by Crippen LogP contribution is 2.31. The van der Waals surface area contributed by atoms with Crippen LogP contribution in [0, 0.1) is 6.92 Å². The average molecular weight is 439 g/mol. The van der Waals surface area contributed by atoms with E-state index in [9.17, 15) is 9.59 Å². The minimum atomic E-state index is -0.595. The second-order valence-electron chi connectivity index (χ2n) is 9.36. The summed E-state index contributed by atoms with van der Waals surface area (Å²) in [7, 11) is 0. The van der Waals surface area contributed by atoms with Crippen molar-refractivity contribution in [2.45, 2.75) is 72.4 Å². The van der Waals surface area contributed by atoms with E-state index in [-0.39, 0.29) is 23.8 Å². The molecule has 2 rings (SSSR count). The summed E-state index contributed by atoms with van der Waals surface area (Å²) >= 11 is 0.